The molecule has 2 aromatic rings. The lowest BCUT2D eigenvalue weighted by Crippen LogP contribution is -2.17. The lowest BCUT2D eigenvalue weighted by molar-refractivity contribution is 0.441. The fourth-order valence-corrected chi connectivity index (χ4v) is 2.25. The Kier molecular flexibility index (Phi) is 4.86. The number of hydrogen-bond donors (Lipinski definition) is 1. The first-order chi connectivity index (χ1) is 9.45. The summed E-state index contributed by atoms with van der Waals surface area (Å²) < 4.78 is 19.4. The summed E-state index contributed by atoms with van der Waals surface area (Å²) >= 11 is 11.8. The molecule has 0 amide bonds. The van der Waals surface area contributed by atoms with E-state index in [4.69, 9.17) is 33.7 Å². The molecule has 0 heterocycles. The molecule has 2 rings (SSSR count). The highest BCUT2D eigenvalue weighted by molar-refractivity contribution is 6.35. The third-order valence-corrected chi connectivity index (χ3v) is 3.20. The van der Waals surface area contributed by atoms with Crippen LogP contribution in [-0.4, -0.2) is 6.04 Å². The van der Waals surface area contributed by atoms with Gasteiger partial charge in [0.25, 0.3) is 0 Å². The van der Waals surface area contributed by atoms with Crippen LogP contribution in [0, 0.1) is 5.82 Å². The molecule has 0 fully saturated rings. The van der Waals surface area contributed by atoms with Crippen molar-refractivity contribution in [1.82, 2.24) is 0 Å². The fraction of sp³-hybridized carbons (Fsp3) is 0.200. The predicted molar refractivity (Wildman–Crippen MR) is 80.3 cm³/mol. The first-order valence-electron chi connectivity index (χ1n) is 6.12. The molecule has 0 spiro atoms. The Bertz CT molecular complexity index is 617. The second kappa shape index (κ2) is 6.44. The van der Waals surface area contributed by atoms with Crippen molar-refractivity contribution in [3.63, 3.8) is 0 Å². The van der Waals surface area contributed by atoms with Gasteiger partial charge in [0.05, 0.1) is 5.02 Å². The number of rotatable bonds is 4. The Morgan fingerprint density at radius 2 is 1.85 bits per heavy atom. The van der Waals surface area contributed by atoms with E-state index in [2.05, 4.69) is 0 Å². The van der Waals surface area contributed by atoms with E-state index in [0.717, 1.165) is 5.56 Å². The molecule has 0 radical (unpaired) electrons. The van der Waals surface area contributed by atoms with Crippen LogP contribution in [0.1, 0.15) is 12.5 Å². The van der Waals surface area contributed by atoms with Crippen molar-refractivity contribution in [1.29, 1.82) is 0 Å². The summed E-state index contributed by atoms with van der Waals surface area (Å²) in [6, 6.07) is 9.52. The smallest absolute Gasteiger partial charge is 0.165 e. The first-order valence-corrected chi connectivity index (χ1v) is 6.88. The van der Waals surface area contributed by atoms with Gasteiger partial charge >= 0.3 is 0 Å². The zero-order valence-electron chi connectivity index (χ0n) is 10.9. The molecular weight excluding hydrogens is 300 g/mol. The van der Waals surface area contributed by atoms with E-state index in [1.165, 1.54) is 6.07 Å². The molecule has 5 heteroatoms. The van der Waals surface area contributed by atoms with Gasteiger partial charge in [-0.2, -0.15) is 0 Å². The first kappa shape index (κ1) is 15.1. The molecule has 20 heavy (non-hydrogen) atoms. The van der Waals surface area contributed by atoms with Crippen molar-refractivity contribution in [2.24, 2.45) is 5.73 Å². The van der Waals surface area contributed by atoms with Crippen LogP contribution >= 0.6 is 23.2 Å². The topological polar surface area (TPSA) is 35.2 Å². The summed E-state index contributed by atoms with van der Waals surface area (Å²) in [6.45, 7) is 1.87. The van der Waals surface area contributed by atoms with E-state index < -0.39 is 5.82 Å². The summed E-state index contributed by atoms with van der Waals surface area (Å²) in [5.74, 6) is 0.0201. The van der Waals surface area contributed by atoms with E-state index in [9.17, 15) is 4.39 Å². The van der Waals surface area contributed by atoms with Gasteiger partial charge in [0.1, 0.15) is 5.75 Å². The van der Waals surface area contributed by atoms with E-state index >= 15 is 0 Å². The predicted octanol–water partition coefficient (Wildman–Crippen LogP) is 4.81. The minimum atomic E-state index is -0.450. The summed E-state index contributed by atoms with van der Waals surface area (Å²) in [5, 5.41) is 0.826. The quantitative estimate of drug-likeness (QED) is 0.878. The van der Waals surface area contributed by atoms with Crippen LogP contribution in [0.2, 0.25) is 10.0 Å². The molecule has 2 aromatic carbocycles. The molecular formula is C15H14Cl2FNO. The van der Waals surface area contributed by atoms with Crippen LogP contribution in [-0.2, 0) is 6.42 Å². The summed E-state index contributed by atoms with van der Waals surface area (Å²) in [7, 11) is 0. The molecule has 0 aliphatic heterocycles. The zero-order valence-corrected chi connectivity index (χ0v) is 12.4. The highest BCUT2D eigenvalue weighted by atomic mass is 35.5. The largest absolute Gasteiger partial charge is 0.453 e. The van der Waals surface area contributed by atoms with Crippen molar-refractivity contribution in [3.05, 3.63) is 57.8 Å². The monoisotopic (exact) mass is 313 g/mol. The Balaban J connectivity index is 2.21. The Labute approximate surface area is 127 Å². The Morgan fingerprint density at radius 1 is 1.15 bits per heavy atom. The van der Waals surface area contributed by atoms with Crippen LogP contribution in [0.25, 0.3) is 0 Å². The molecule has 0 aliphatic rings. The lowest BCUT2D eigenvalue weighted by Gasteiger charge is -2.11. The third-order valence-electron chi connectivity index (χ3n) is 2.67. The van der Waals surface area contributed by atoms with Crippen LogP contribution in [0.15, 0.2) is 36.4 Å². The summed E-state index contributed by atoms with van der Waals surface area (Å²) in [6.07, 6.45) is 0.610. The number of benzene rings is 2. The fourth-order valence-electron chi connectivity index (χ4n) is 1.80. The van der Waals surface area contributed by atoms with Crippen molar-refractivity contribution >= 4 is 23.2 Å². The Morgan fingerprint density at radius 3 is 2.45 bits per heavy atom. The average Bonchev–Trinajstić information content (AvgIpc) is 2.34. The van der Waals surface area contributed by atoms with Crippen LogP contribution < -0.4 is 10.5 Å². The molecule has 0 saturated heterocycles. The lowest BCUT2D eigenvalue weighted by atomic mass is 10.1. The van der Waals surface area contributed by atoms with Crippen molar-refractivity contribution < 1.29 is 9.13 Å². The molecule has 0 aliphatic carbocycles. The SMILES string of the molecule is CC(N)Cc1ccc(Oc2ccc(Cl)cc2Cl)c(F)c1. The van der Waals surface area contributed by atoms with Crippen molar-refractivity contribution in [3.8, 4) is 11.5 Å². The van der Waals surface area contributed by atoms with Gasteiger partial charge in [-0.25, -0.2) is 4.39 Å². The number of nitrogens with two attached hydrogens (primary N) is 1. The highest BCUT2D eigenvalue weighted by Crippen LogP contribution is 2.32. The van der Waals surface area contributed by atoms with Crippen LogP contribution in [0.4, 0.5) is 4.39 Å². The minimum absolute atomic E-state index is 0.0214. The van der Waals surface area contributed by atoms with Gasteiger partial charge in [-0.3, -0.25) is 0 Å². The molecule has 2 N–H and O–H groups in total. The molecule has 0 aromatic heterocycles. The maximum absolute atomic E-state index is 14.0. The van der Waals surface area contributed by atoms with E-state index in [1.807, 2.05) is 6.92 Å². The van der Waals surface area contributed by atoms with Gasteiger partial charge in [0, 0.05) is 11.1 Å². The number of hydrogen-bond acceptors (Lipinski definition) is 2. The number of ether oxygens (including phenoxy) is 1. The van der Waals surface area contributed by atoms with Crippen molar-refractivity contribution in [2.75, 3.05) is 0 Å². The normalized spacial score (nSPS) is 12.2. The maximum Gasteiger partial charge on any atom is 0.165 e. The maximum atomic E-state index is 14.0. The molecule has 1 unspecified atom stereocenters. The van der Waals surface area contributed by atoms with Gasteiger partial charge in [-0.1, -0.05) is 29.3 Å². The Hall–Kier alpha value is -1.29. The summed E-state index contributed by atoms with van der Waals surface area (Å²) in [4.78, 5) is 0. The summed E-state index contributed by atoms with van der Waals surface area (Å²) in [5.41, 5.74) is 6.51. The van der Waals surface area contributed by atoms with Crippen molar-refractivity contribution in [2.45, 2.75) is 19.4 Å². The number of halogens is 3. The molecule has 1 atom stereocenters. The van der Waals surface area contributed by atoms with Gasteiger partial charge < -0.3 is 10.5 Å². The van der Waals surface area contributed by atoms with Gasteiger partial charge in [-0.15, -0.1) is 0 Å². The van der Waals surface area contributed by atoms with E-state index in [0.29, 0.717) is 22.2 Å². The zero-order chi connectivity index (χ0) is 14.7. The van der Waals surface area contributed by atoms with Gasteiger partial charge in [-0.05, 0) is 49.2 Å². The minimum Gasteiger partial charge on any atom is -0.453 e. The molecule has 2 nitrogen and oxygen atoms in total. The molecule has 0 saturated carbocycles. The van der Waals surface area contributed by atoms with Gasteiger partial charge in [0.15, 0.2) is 11.6 Å². The van der Waals surface area contributed by atoms with E-state index in [1.54, 1.807) is 30.3 Å². The average molecular weight is 314 g/mol. The second-order valence-corrected chi connectivity index (χ2v) is 5.47. The second-order valence-electron chi connectivity index (χ2n) is 4.62. The molecule has 106 valence electrons. The standard InChI is InChI=1S/C15H14Cl2FNO/c1-9(19)6-10-2-4-15(13(18)7-10)20-14-5-3-11(16)8-12(14)17/h2-5,7-9H,6,19H2,1H3. The third kappa shape index (κ3) is 3.85. The van der Waals surface area contributed by atoms with Gasteiger partial charge in [0.2, 0.25) is 0 Å². The van der Waals surface area contributed by atoms with E-state index in [-0.39, 0.29) is 11.8 Å². The van der Waals surface area contributed by atoms with Crippen LogP contribution in [0.3, 0.4) is 0 Å². The van der Waals surface area contributed by atoms with Crippen LogP contribution in [0.5, 0.6) is 11.5 Å². The highest BCUT2D eigenvalue weighted by Gasteiger charge is 2.09. The molecule has 0 bridgehead atoms.